The Balaban J connectivity index is 0.00000144. The molecule has 4 heteroatoms. The summed E-state index contributed by atoms with van der Waals surface area (Å²) in [5.41, 5.74) is 7.44. The normalized spacial score (nSPS) is 11.9. The van der Waals surface area contributed by atoms with E-state index in [2.05, 4.69) is 15.9 Å². The maximum absolute atomic E-state index is 9.41. The van der Waals surface area contributed by atoms with Gasteiger partial charge in [-0.15, -0.1) is 12.4 Å². The molecule has 0 heterocycles. The Hall–Kier alpha value is -0.0900. The Bertz CT molecular complexity index is 240. The van der Waals surface area contributed by atoms with Gasteiger partial charge in [-0.25, -0.2) is 0 Å². The quantitative estimate of drug-likeness (QED) is 0.822. The lowest BCUT2D eigenvalue weighted by molar-refractivity contribution is 0.205. The van der Waals surface area contributed by atoms with Crippen LogP contribution in [0.15, 0.2) is 24.3 Å². The van der Waals surface area contributed by atoms with E-state index in [-0.39, 0.29) is 12.4 Å². The van der Waals surface area contributed by atoms with Gasteiger partial charge in [0, 0.05) is 11.9 Å². The number of rotatable bonds is 3. The van der Waals surface area contributed by atoms with Crippen LogP contribution in [-0.4, -0.2) is 10.4 Å². The van der Waals surface area contributed by atoms with Crippen LogP contribution < -0.4 is 5.73 Å². The molecule has 0 fully saturated rings. The first kappa shape index (κ1) is 12.9. The van der Waals surface area contributed by atoms with Crippen molar-refractivity contribution in [3.05, 3.63) is 35.4 Å². The first-order valence-electron chi connectivity index (χ1n) is 3.81. The second-order valence-electron chi connectivity index (χ2n) is 2.62. The summed E-state index contributed by atoms with van der Waals surface area (Å²) in [6.07, 6.45) is -0.420. The maximum Gasteiger partial charge on any atom is 0.0886 e. The molecule has 0 aromatic heterocycles. The molecular weight excluding hydrogens is 253 g/mol. The highest BCUT2D eigenvalue weighted by Crippen LogP contribution is 2.15. The number of halogens is 2. The molecule has 0 saturated carbocycles. The average Bonchev–Trinajstić information content (AvgIpc) is 2.17. The molecule has 2 nitrogen and oxygen atoms in total. The van der Waals surface area contributed by atoms with E-state index < -0.39 is 6.10 Å². The largest absolute Gasteiger partial charge is 0.388 e. The van der Waals surface area contributed by atoms with Crippen molar-refractivity contribution in [2.24, 2.45) is 5.73 Å². The Labute approximate surface area is 92.7 Å². The summed E-state index contributed by atoms with van der Waals surface area (Å²) in [6.45, 7) is 0.546. The molecule has 1 atom stereocenters. The minimum Gasteiger partial charge on any atom is -0.388 e. The summed E-state index contributed by atoms with van der Waals surface area (Å²) in [4.78, 5) is 0. The van der Waals surface area contributed by atoms with Gasteiger partial charge in [0.15, 0.2) is 0 Å². The smallest absolute Gasteiger partial charge is 0.0886 e. The van der Waals surface area contributed by atoms with E-state index in [0.717, 1.165) is 11.1 Å². The fourth-order valence-electron chi connectivity index (χ4n) is 0.965. The highest BCUT2D eigenvalue weighted by molar-refractivity contribution is 9.09. The molecule has 0 aliphatic carbocycles. The van der Waals surface area contributed by atoms with Crippen molar-refractivity contribution in [3.8, 4) is 0 Å². The SMILES string of the molecule is Cl.NCc1ccc(C(O)CBr)cc1. The number of nitrogens with two attached hydrogens (primary N) is 1. The van der Waals surface area contributed by atoms with Gasteiger partial charge in [0.25, 0.3) is 0 Å². The Morgan fingerprint density at radius 2 is 1.85 bits per heavy atom. The minimum absolute atomic E-state index is 0. The highest BCUT2D eigenvalue weighted by atomic mass is 79.9. The first-order valence-corrected chi connectivity index (χ1v) is 4.93. The van der Waals surface area contributed by atoms with E-state index in [1.54, 1.807) is 0 Å². The summed E-state index contributed by atoms with van der Waals surface area (Å²) < 4.78 is 0. The second-order valence-corrected chi connectivity index (χ2v) is 3.26. The van der Waals surface area contributed by atoms with Gasteiger partial charge in [-0.3, -0.25) is 0 Å². The third kappa shape index (κ3) is 3.65. The zero-order chi connectivity index (χ0) is 8.97. The van der Waals surface area contributed by atoms with Crippen molar-refractivity contribution in [1.82, 2.24) is 0 Å². The van der Waals surface area contributed by atoms with Crippen LogP contribution in [0.4, 0.5) is 0 Å². The number of aliphatic hydroxyl groups is 1. The van der Waals surface area contributed by atoms with Gasteiger partial charge in [0.05, 0.1) is 6.10 Å². The minimum atomic E-state index is -0.420. The molecule has 1 aromatic rings. The van der Waals surface area contributed by atoms with Crippen LogP contribution in [0.1, 0.15) is 17.2 Å². The fraction of sp³-hybridized carbons (Fsp3) is 0.333. The van der Waals surface area contributed by atoms with Crippen LogP contribution in [0.2, 0.25) is 0 Å². The van der Waals surface area contributed by atoms with Crippen LogP contribution in [0, 0.1) is 0 Å². The molecular formula is C9H13BrClNO. The van der Waals surface area contributed by atoms with Gasteiger partial charge in [0.2, 0.25) is 0 Å². The topological polar surface area (TPSA) is 46.2 Å². The number of hydrogen-bond donors (Lipinski definition) is 2. The summed E-state index contributed by atoms with van der Waals surface area (Å²) >= 11 is 3.21. The molecule has 0 aliphatic rings. The van der Waals surface area contributed by atoms with Gasteiger partial charge in [-0.05, 0) is 11.1 Å². The Morgan fingerprint density at radius 3 is 2.23 bits per heavy atom. The standard InChI is InChI=1S/C9H12BrNO.ClH/c10-5-9(12)8-3-1-7(6-11)2-4-8;/h1-4,9,12H,5-6,11H2;1H. The van der Waals surface area contributed by atoms with Crippen LogP contribution in [0.25, 0.3) is 0 Å². The first-order chi connectivity index (χ1) is 5.77. The molecule has 3 N–H and O–H groups in total. The van der Waals surface area contributed by atoms with Crippen molar-refractivity contribution < 1.29 is 5.11 Å². The summed E-state index contributed by atoms with van der Waals surface area (Å²) in [6, 6.07) is 7.66. The van der Waals surface area contributed by atoms with Crippen LogP contribution in [-0.2, 0) is 6.54 Å². The van der Waals surface area contributed by atoms with E-state index in [4.69, 9.17) is 5.73 Å². The number of alkyl halides is 1. The number of aliphatic hydroxyl groups excluding tert-OH is 1. The van der Waals surface area contributed by atoms with Crippen molar-refractivity contribution in [2.45, 2.75) is 12.6 Å². The average molecular weight is 267 g/mol. The Morgan fingerprint density at radius 1 is 1.31 bits per heavy atom. The molecule has 74 valence electrons. The molecule has 0 spiro atoms. The van der Waals surface area contributed by atoms with Crippen LogP contribution in [0.5, 0.6) is 0 Å². The monoisotopic (exact) mass is 265 g/mol. The van der Waals surface area contributed by atoms with Crippen LogP contribution >= 0.6 is 28.3 Å². The predicted octanol–water partition coefficient (Wildman–Crippen LogP) is 2.00. The highest BCUT2D eigenvalue weighted by Gasteiger charge is 2.03. The molecule has 13 heavy (non-hydrogen) atoms. The molecule has 0 saturated heterocycles. The summed E-state index contributed by atoms with van der Waals surface area (Å²) in [7, 11) is 0. The molecule has 1 unspecified atom stereocenters. The van der Waals surface area contributed by atoms with E-state index in [1.807, 2.05) is 24.3 Å². The molecule has 0 radical (unpaired) electrons. The summed E-state index contributed by atoms with van der Waals surface area (Å²) in [5, 5.41) is 9.98. The third-order valence-electron chi connectivity index (χ3n) is 1.75. The maximum atomic E-state index is 9.41. The lowest BCUT2D eigenvalue weighted by atomic mass is 10.1. The van der Waals surface area contributed by atoms with Crippen LogP contribution in [0.3, 0.4) is 0 Å². The zero-order valence-corrected chi connectivity index (χ0v) is 9.51. The van der Waals surface area contributed by atoms with E-state index >= 15 is 0 Å². The van der Waals surface area contributed by atoms with E-state index in [1.165, 1.54) is 0 Å². The van der Waals surface area contributed by atoms with Crippen molar-refractivity contribution in [3.63, 3.8) is 0 Å². The predicted molar refractivity (Wildman–Crippen MR) is 60.3 cm³/mol. The van der Waals surface area contributed by atoms with Gasteiger partial charge in [-0.1, -0.05) is 40.2 Å². The van der Waals surface area contributed by atoms with Gasteiger partial charge < -0.3 is 10.8 Å². The fourth-order valence-corrected chi connectivity index (χ4v) is 1.34. The molecule has 0 bridgehead atoms. The lowest BCUT2D eigenvalue weighted by Gasteiger charge is -2.07. The summed E-state index contributed by atoms with van der Waals surface area (Å²) in [5.74, 6) is 0. The molecule has 0 aliphatic heterocycles. The number of benzene rings is 1. The molecule has 1 rings (SSSR count). The van der Waals surface area contributed by atoms with Crippen molar-refractivity contribution >= 4 is 28.3 Å². The van der Waals surface area contributed by atoms with Crippen molar-refractivity contribution in [1.29, 1.82) is 0 Å². The number of hydrogen-bond acceptors (Lipinski definition) is 2. The molecule has 1 aromatic carbocycles. The molecule has 0 amide bonds. The van der Waals surface area contributed by atoms with Gasteiger partial charge in [0.1, 0.15) is 0 Å². The third-order valence-corrected chi connectivity index (χ3v) is 2.36. The lowest BCUT2D eigenvalue weighted by Crippen LogP contribution is -2.00. The zero-order valence-electron chi connectivity index (χ0n) is 7.11. The van der Waals surface area contributed by atoms with Gasteiger partial charge >= 0.3 is 0 Å². The van der Waals surface area contributed by atoms with E-state index in [0.29, 0.717) is 11.9 Å². The van der Waals surface area contributed by atoms with Crippen molar-refractivity contribution in [2.75, 3.05) is 5.33 Å². The van der Waals surface area contributed by atoms with E-state index in [9.17, 15) is 5.11 Å². The van der Waals surface area contributed by atoms with Gasteiger partial charge in [-0.2, -0.15) is 0 Å². The Kier molecular flexibility index (Phi) is 6.33. The second kappa shape index (κ2) is 6.38.